The van der Waals surface area contributed by atoms with Gasteiger partial charge in [-0.25, -0.2) is 9.97 Å². The molecule has 1 aliphatic rings. The smallest absolute Gasteiger partial charge is 0.241 e. The zero-order chi connectivity index (χ0) is 17.9. The summed E-state index contributed by atoms with van der Waals surface area (Å²) in [5.74, 6) is 0.820. The lowest BCUT2D eigenvalue weighted by molar-refractivity contribution is -0.128. The van der Waals surface area contributed by atoms with Crippen molar-refractivity contribution in [1.29, 1.82) is 0 Å². The summed E-state index contributed by atoms with van der Waals surface area (Å²) in [6.45, 7) is 0.875. The number of aromatic nitrogens is 3. The molecule has 26 heavy (non-hydrogen) atoms. The molecule has 0 saturated heterocycles. The van der Waals surface area contributed by atoms with E-state index in [1.165, 1.54) is 16.9 Å². The van der Waals surface area contributed by atoms with Crippen molar-refractivity contribution in [2.24, 2.45) is 0 Å². The van der Waals surface area contributed by atoms with Gasteiger partial charge >= 0.3 is 0 Å². The normalized spacial score (nSPS) is 13.0. The molecule has 7 heteroatoms. The fourth-order valence-corrected chi connectivity index (χ4v) is 4.54. The largest absolute Gasteiger partial charge is 0.360 e. The Balaban J connectivity index is 1.39. The highest BCUT2D eigenvalue weighted by molar-refractivity contribution is 7.19. The number of aryl methyl sites for hydroxylation is 2. The molecule has 0 atom stereocenters. The molecule has 0 fully saturated rings. The fraction of sp³-hybridized carbons (Fsp3) is 0.368. The summed E-state index contributed by atoms with van der Waals surface area (Å²) in [7, 11) is 1.82. The average Bonchev–Trinajstić information content (AvgIpc) is 3.26. The maximum Gasteiger partial charge on any atom is 0.241 e. The molecule has 1 N–H and O–H groups in total. The second kappa shape index (κ2) is 7.37. The van der Waals surface area contributed by atoms with Crippen molar-refractivity contribution in [3.63, 3.8) is 0 Å². The highest BCUT2D eigenvalue weighted by Gasteiger charge is 2.21. The summed E-state index contributed by atoms with van der Waals surface area (Å²) in [6.07, 6.45) is 7.50. The van der Waals surface area contributed by atoms with Gasteiger partial charge in [0.15, 0.2) is 0 Å². The Bertz CT molecular complexity index is 924. The van der Waals surface area contributed by atoms with Crippen LogP contribution in [-0.2, 0) is 24.1 Å². The molecule has 0 spiro atoms. The minimum absolute atomic E-state index is 0.0413. The van der Waals surface area contributed by atoms with Crippen LogP contribution in [0.4, 0.5) is 5.82 Å². The Morgan fingerprint density at radius 3 is 3.04 bits per heavy atom. The van der Waals surface area contributed by atoms with Gasteiger partial charge in [0.1, 0.15) is 17.0 Å². The van der Waals surface area contributed by atoms with E-state index in [0.717, 1.165) is 41.0 Å². The van der Waals surface area contributed by atoms with Crippen molar-refractivity contribution in [3.05, 3.63) is 46.9 Å². The van der Waals surface area contributed by atoms with Gasteiger partial charge in [0.2, 0.25) is 5.91 Å². The van der Waals surface area contributed by atoms with Gasteiger partial charge in [0.25, 0.3) is 0 Å². The first-order valence-electron chi connectivity index (χ1n) is 8.85. The molecule has 4 rings (SSSR count). The number of hydrogen-bond acceptors (Lipinski definition) is 6. The third kappa shape index (κ3) is 3.39. The van der Waals surface area contributed by atoms with Crippen LogP contribution in [-0.4, -0.2) is 45.9 Å². The lowest BCUT2D eigenvalue weighted by Gasteiger charge is -2.17. The van der Waals surface area contributed by atoms with Crippen molar-refractivity contribution in [1.82, 2.24) is 19.9 Å². The minimum atomic E-state index is 0.0413. The number of carbonyl (C=O) groups excluding carboxylic acids is 1. The number of thiophene rings is 1. The van der Waals surface area contributed by atoms with E-state index in [4.69, 9.17) is 0 Å². The Morgan fingerprint density at radius 2 is 2.19 bits per heavy atom. The number of anilines is 1. The Kier molecular flexibility index (Phi) is 4.79. The quantitative estimate of drug-likeness (QED) is 0.725. The summed E-state index contributed by atoms with van der Waals surface area (Å²) in [5.41, 5.74) is 2.36. The van der Waals surface area contributed by atoms with Crippen molar-refractivity contribution < 1.29 is 4.79 Å². The Hall–Kier alpha value is -2.54. The van der Waals surface area contributed by atoms with Crippen LogP contribution in [0, 0.1) is 0 Å². The SMILES string of the molecule is CN(CCc1ccccn1)C(=O)CNc1ncnc2sc3c(c12)CCC3. The molecular weight excluding hydrogens is 346 g/mol. The number of likely N-dealkylation sites (N-methyl/N-ethyl adjacent to an activating group) is 1. The van der Waals surface area contributed by atoms with Gasteiger partial charge in [0, 0.05) is 36.8 Å². The van der Waals surface area contributed by atoms with Crippen LogP contribution < -0.4 is 5.32 Å². The van der Waals surface area contributed by atoms with E-state index in [9.17, 15) is 4.79 Å². The van der Waals surface area contributed by atoms with Gasteiger partial charge < -0.3 is 10.2 Å². The van der Waals surface area contributed by atoms with E-state index in [0.29, 0.717) is 6.54 Å². The number of nitrogens with one attached hydrogen (secondary N) is 1. The van der Waals surface area contributed by atoms with E-state index in [1.54, 1.807) is 28.8 Å². The van der Waals surface area contributed by atoms with Crippen LogP contribution in [0.15, 0.2) is 30.7 Å². The molecule has 6 nitrogen and oxygen atoms in total. The van der Waals surface area contributed by atoms with Crippen molar-refractivity contribution >= 4 is 33.3 Å². The van der Waals surface area contributed by atoms with Gasteiger partial charge in [-0.1, -0.05) is 6.07 Å². The fourth-order valence-electron chi connectivity index (χ4n) is 3.31. The maximum atomic E-state index is 12.4. The number of carbonyl (C=O) groups is 1. The van der Waals surface area contributed by atoms with E-state index in [2.05, 4.69) is 20.3 Å². The molecule has 0 radical (unpaired) electrons. The van der Waals surface area contributed by atoms with Crippen LogP contribution in [0.1, 0.15) is 22.6 Å². The Morgan fingerprint density at radius 1 is 1.27 bits per heavy atom. The van der Waals surface area contributed by atoms with Crippen LogP contribution in [0.2, 0.25) is 0 Å². The zero-order valence-electron chi connectivity index (χ0n) is 14.7. The summed E-state index contributed by atoms with van der Waals surface area (Å²) >= 11 is 1.75. The Labute approximate surface area is 156 Å². The highest BCUT2D eigenvalue weighted by atomic mass is 32.1. The summed E-state index contributed by atoms with van der Waals surface area (Å²) in [6, 6.07) is 5.84. The summed E-state index contributed by atoms with van der Waals surface area (Å²) in [4.78, 5) is 29.7. The van der Waals surface area contributed by atoms with Gasteiger partial charge in [0.05, 0.1) is 11.9 Å². The molecule has 0 bridgehead atoms. The topological polar surface area (TPSA) is 71.0 Å². The predicted molar refractivity (Wildman–Crippen MR) is 104 cm³/mol. The van der Waals surface area contributed by atoms with Gasteiger partial charge in [-0.3, -0.25) is 9.78 Å². The molecule has 0 aromatic carbocycles. The molecule has 3 aromatic heterocycles. The molecule has 0 unspecified atom stereocenters. The molecule has 134 valence electrons. The molecular formula is C19H21N5OS. The average molecular weight is 367 g/mol. The number of amides is 1. The third-order valence-corrected chi connectivity index (χ3v) is 5.96. The summed E-state index contributed by atoms with van der Waals surface area (Å²) in [5, 5.41) is 4.34. The minimum Gasteiger partial charge on any atom is -0.360 e. The van der Waals surface area contributed by atoms with Crippen LogP contribution in [0.5, 0.6) is 0 Å². The third-order valence-electron chi connectivity index (χ3n) is 4.76. The molecule has 0 saturated carbocycles. The molecule has 3 heterocycles. The van der Waals surface area contributed by atoms with Crippen molar-refractivity contribution in [2.75, 3.05) is 25.5 Å². The first-order valence-corrected chi connectivity index (χ1v) is 9.67. The van der Waals surface area contributed by atoms with Crippen LogP contribution in [0.25, 0.3) is 10.2 Å². The number of fused-ring (bicyclic) bond motifs is 3. The van der Waals surface area contributed by atoms with Crippen molar-refractivity contribution in [3.8, 4) is 0 Å². The zero-order valence-corrected chi connectivity index (χ0v) is 15.6. The van der Waals surface area contributed by atoms with Gasteiger partial charge in [-0.15, -0.1) is 11.3 Å². The van der Waals surface area contributed by atoms with Gasteiger partial charge in [-0.05, 0) is 37.0 Å². The van der Waals surface area contributed by atoms with Crippen LogP contribution >= 0.6 is 11.3 Å². The molecule has 1 amide bonds. The van der Waals surface area contributed by atoms with Crippen LogP contribution in [0.3, 0.4) is 0 Å². The second-order valence-electron chi connectivity index (χ2n) is 6.50. The number of rotatable bonds is 6. The van der Waals surface area contributed by atoms with E-state index in [-0.39, 0.29) is 12.5 Å². The van der Waals surface area contributed by atoms with E-state index in [1.807, 2.05) is 25.2 Å². The van der Waals surface area contributed by atoms with Gasteiger partial charge in [-0.2, -0.15) is 0 Å². The number of nitrogens with zero attached hydrogens (tertiary/aromatic N) is 4. The first-order chi connectivity index (χ1) is 12.7. The van der Waals surface area contributed by atoms with E-state index < -0.39 is 0 Å². The molecule has 3 aromatic rings. The predicted octanol–water partition coefficient (Wildman–Crippen LogP) is 2.69. The highest BCUT2D eigenvalue weighted by Crippen LogP contribution is 2.38. The lowest BCUT2D eigenvalue weighted by Crippen LogP contribution is -2.34. The number of pyridine rings is 1. The monoisotopic (exact) mass is 367 g/mol. The molecule has 1 aliphatic carbocycles. The molecule has 0 aliphatic heterocycles. The maximum absolute atomic E-state index is 12.4. The number of hydrogen-bond donors (Lipinski definition) is 1. The van der Waals surface area contributed by atoms with Crippen molar-refractivity contribution in [2.45, 2.75) is 25.7 Å². The second-order valence-corrected chi connectivity index (χ2v) is 7.58. The first kappa shape index (κ1) is 16.9. The standard InChI is InChI=1S/C19H21N5OS/c1-24(10-8-13-5-2-3-9-20-13)16(25)11-21-18-17-14-6-4-7-15(14)26-19(17)23-12-22-18/h2-3,5,9,12H,4,6-8,10-11H2,1H3,(H,21,22,23). The van der Waals surface area contributed by atoms with E-state index >= 15 is 0 Å². The lowest BCUT2D eigenvalue weighted by atomic mass is 10.2. The summed E-state index contributed by atoms with van der Waals surface area (Å²) < 4.78 is 0.